The van der Waals surface area contributed by atoms with Crippen molar-refractivity contribution in [2.24, 2.45) is 0 Å². The van der Waals surface area contributed by atoms with E-state index in [1.807, 2.05) is 18.2 Å². The fraction of sp³-hybridized carbons (Fsp3) is 0.0556. The van der Waals surface area contributed by atoms with Gasteiger partial charge in [-0.15, -0.1) is 0 Å². The summed E-state index contributed by atoms with van der Waals surface area (Å²) in [5.41, 5.74) is 11.1. The first kappa shape index (κ1) is 32.8. The molecule has 0 aliphatic heterocycles. The number of rotatable bonds is 4. The van der Waals surface area contributed by atoms with E-state index in [-0.39, 0.29) is 5.92 Å². The molecule has 0 fully saturated rings. The molecule has 1 unspecified atom stereocenters. The van der Waals surface area contributed by atoms with Gasteiger partial charge in [-0.2, -0.15) is 0 Å². The van der Waals surface area contributed by atoms with E-state index in [0.29, 0.717) is 17.5 Å². The van der Waals surface area contributed by atoms with Crippen LogP contribution in [-0.4, -0.2) is 15.0 Å². The van der Waals surface area contributed by atoms with E-state index in [1.165, 1.54) is 44.0 Å². The molecule has 0 amide bonds. The number of hydrogen-bond acceptors (Lipinski definition) is 4. The van der Waals surface area contributed by atoms with Crippen LogP contribution >= 0.6 is 0 Å². The van der Waals surface area contributed by atoms with Crippen LogP contribution in [0.1, 0.15) is 29.0 Å². The van der Waals surface area contributed by atoms with Crippen molar-refractivity contribution < 1.29 is 4.42 Å². The van der Waals surface area contributed by atoms with Crippen molar-refractivity contribution in [1.29, 1.82) is 0 Å². The summed E-state index contributed by atoms with van der Waals surface area (Å²) >= 11 is 0. The third-order valence-electron chi connectivity index (χ3n) is 12.1. The molecule has 1 aliphatic rings. The van der Waals surface area contributed by atoms with E-state index in [1.54, 1.807) is 0 Å². The maximum Gasteiger partial charge on any atom is 0.164 e. The quantitative estimate of drug-likeness (QED) is 0.180. The minimum absolute atomic E-state index is 0.0127. The van der Waals surface area contributed by atoms with Crippen LogP contribution in [0.15, 0.2) is 186 Å². The Labute approximate surface area is 335 Å². The molecule has 9 aromatic carbocycles. The number of aromatic nitrogens is 3. The number of fused-ring (bicyclic) bond motifs is 10. The second-order valence-electron chi connectivity index (χ2n) is 15.4. The fourth-order valence-electron chi connectivity index (χ4n) is 9.40. The Morgan fingerprint density at radius 1 is 0.431 bits per heavy atom. The first-order valence-electron chi connectivity index (χ1n) is 20.0. The van der Waals surface area contributed by atoms with Crippen LogP contribution in [0, 0.1) is 0 Å². The Kier molecular flexibility index (Phi) is 7.39. The van der Waals surface area contributed by atoms with E-state index in [0.717, 1.165) is 67.6 Å². The molecule has 0 radical (unpaired) electrons. The molecule has 4 nitrogen and oxygen atoms in total. The van der Waals surface area contributed by atoms with Crippen LogP contribution < -0.4 is 0 Å². The smallest absolute Gasteiger partial charge is 0.164 e. The maximum absolute atomic E-state index is 6.90. The molecule has 0 N–H and O–H groups in total. The maximum atomic E-state index is 6.90. The molecule has 2 aromatic heterocycles. The normalized spacial score (nSPS) is 13.9. The molecule has 0 bridgehead atoms. The summed E-state index contributed by atoms with van der Waals surface area (Å²) in [7, 11) is 0. The van der Waals surface area contributed by atoms with Gasteiger partial charge in [0.25, 0.3) is 0 Å². The highest BCUT2D eigenvalue weighted by Gasteiger charge is 2.31. The Morgan fingerprint density at radius 2 is 1.09 bits per heavy atom. The topological polar surface area (TPSA) is 51.8 Å². The van der Waals surface area contributed by atoms with E-state index >= 15 is 0 Å². The zero-order valence-electron chi connectivity index (χ0n) is 31.6. The Balaban J connectivity index is 1.16. The summed E-state index contributed by atoms with van der Waals surface area (Å²) in [6.07, 6.45) is 1.83. The van der Waals surface area contributed by atoms with Gasteiger partial charge in [-0.25, -0.2) is 15.0 Å². The van der Waals surface area contributed by atoms with Crippen molar-refractivity contribution in [2.75, 3.05) is 0 Å². The lowest BCUT2D eigenvalue weighted by atomic mass is 9.81. The molecule has 11 aromatic rings. The minimum atomic E-state index is 0.0127. The Hall–Kier alpha value is -7.43. The summed E-state index contributed by atoms with van der Waals surface area (Å²) in [5, 5.41) is 9.32. The predicted molar refractivity (Wildman–Crippen MR) is 238 cm³/mol. The zero-order chi connectivity index (χ0) is 38.2. The average Bonchev–Trinajstić information content (AvgIpc) is 3.61. The first-order valence-corrected chi connectivity index (χ1v) is 20.0. The second kappa shape index (κ2) is 13.1. The van der Waals surface area contributed by atoms with Gasteiger partial charge in [0.1, 0.15) is 11.2 Å². The highest BCUT2D eigenvalue weighted by Crippen LogP contribution is 2.49. The number of aryl methyl sites for hydroxylation is 1. The average molecular weight is 742 g/mol. The Morgan fingerprint density at radius 3 is 1.93 bits per heavy atom. The molecular formula is C54H35N3O. The molecule has 4 heteroatoms. The van der Waals surface area contributed by atoms with Crippen molar-refractivity contribution in [3.63, 3.8) is 0 Å². The van der Waals surface area contributed by atoms with Gasteiger partial charge in [0.05, 0.1) is 0 Å². The van der Waals surface area contributed by atoms with Gasteiger partial charge >= 0.3 is 0 Å². The number of hydrogen-bond donors (Lipinski definition) is 0. The molecule has 58 heavy (non-hydrogen) atoms. The van der Waals surface area contributed by atoms with Gasteiger partial charge in [-0.05, 0) is 97.9 Å². The third-order valence-corrected chi connectivity index (χ3v) is 12.1. The van der Waals surface area contributed by atoms with Gasteiger partial charge in [-0.3, -0.25) is 0 Å². The molecule has 2 heterocycles. The largest absolute Gasteiger partial charge is 0.455 e. The van der Waals surface area contributed by atoms with Gasteiger partial charge < -0.3 is 4.42 Å². The molecule has 0 spiro atoms. The van der Waals surface area contributed by atoms with E-state index in [4.69, 9.17) is 19.4 Å². The van der Waals surface area contributed by atoms with Crippen molar-refractivity contribution in [3.05, 3.63) is 199 Å². The lowest BCUT2D eigenvalue weighted by Crippen LogP contribution is -2.08. The fourth-order valence-corrected chi connectivity index (χ4v) is 9.40. The van der Waals surface area contributed by atoms with Crippen LogP contribution in [-0.2, 0) is 6.42 Å². The highest BCUT2D eigenvalue weighted by molar-refractivity contribution is 6.17. The predicted octanol–water partition coefficient (Wildman–Crippen LogP) is 14.0. The molecular weight excluding hydrogens is 707 g/mol. The number of furan rings is 1. The van der Waals surface area contributed by atoms with Crippen molar-refractivity contribution >= 4 is 54.3 Å². The van der Waals surface area contributed by atoms with Crippen molar-refractivity contribution in [2.45, 2.75) is 18.8 Å². The summed E-state index contributed by atoms with van der Waals surface area (Å²) in [4.78, 5) is 15.9. The van der Waals surface area contributed by atoms with Gasteiger partial charge in [0.15, 0.2) is 17.5 Å². The summed E-state index contributed by atoms with van der Waals surface area (Å²) in [6, 6.07) is 64.9. The van der Waals surface area contributed by atoms with Gasteiger partial charge in [0, 0.05) is 38.8 Å². The van der Waals surface area contributed by atoms with Crippen LogP contribution in [0.2, 0.25) is 0 Å². The number of benzene rings is 9. The Bertz CT molecular complexity index is 3420. The van der Waals surface area contributed by atoms with Crippen LogP contribution in [0.4, 0.5) is 0 Å². The standard InChI is InChI=1S/C54H35N3O/c1-2-14-35(15-3-1)52-55-53(40-23-22-33-12-4-5-16-36(33)31-40)57-54(56-52)46-28-29-48-50(45-27-24-34-13-8-9-19-41(34)51(45)58-48)49(46)44-26-25-39-30-37-17-6-7-18-38(37)32-47(39)43-21-11-10-20-42(43)44/h1-24,27-32,44H,25-26H2. The minimum Gasteiger partial charge on any atom is -0.455 e. The van der Waals surface area contributed by atoms with E-state index < -0.39 is 0 Å². The van der Waals surface area contributed by atoms with Crippen molar-refractivity contribution in [3.8, 4) is 45.3 Å². The summed E-state index contributed by atoms with van der Waals surface area (Å²) in [6.45, 7) is 0. The zero-order valence-corrected chi connectivity index (χ0v) is 31.6. The highest BCUT2D eigenvalue weighted by atomic mass is 16.3. The summed E-state index contributed by atoms with van der Waals surface area (Å²) in [5.74, 6) is 1.94. The summed E-state index contributed by atoms with van der Waals surface area (Å²) < 4.78 is 6.90. The van der Waals surface area contributed by atoms with E-state index in [9.17, 15) is 0 Å². The van der Waals surface area contributed by atoms with E-state index in [2.05, 4.69) is 164 Å². The first-order chi connectivity index (χ1) is 28.7. The molecule has 1 aliphatic carbocycles. The molecule has 12 rings (SSSR count). The monoisotopic (exact) mass is 741 g/mol. The van der Waals surface area contributed by atoms with Crippen LogP contribution in [0.3, 0.4) is 0 Å². The molecule has 1 atom stereocenters. The lowest BCUT2D eigenvalue weighted by Gasteiger charge is -2.23. The van der Waals surface area contributed by atoms with Crippen molar-refractivity contribution in [1.82, 2.24) is 15.0 Å². The molecule has 0 saturated carbocycles. The van der Waals surface area contributed by atoms with Gasteiger partial charge in [0.2, 0.25) is 0 Å². The lowest BCUT2D eigenvalue weighted by molar-refractivity contribution is 0.671. The molecule has 272 valence electrons. The van der Waals surface area contributed by atoms with Crippen LogP contribution in [0.5, 0.6) is 0 Å². The molecule has 0 saturated heterocycles. The second-order valence-corrected chi connectivity index (χ2v) is 15.4. The van der Waals surface area contributed by atoms with Crippen LogP contribution in [0.25, 0.3) is 99.5 Å². The van der Waals surface area contributed by atoms with Gasteiger partial charge in [-0.1, -0.05) is 152 Å². The SMILES string of the molecule is c1ccc(-c2nc(-c3ccc4ccccc4c3)nc(-c3ccc4oc5c6ccccc6ccc5c4c3C3CCc4cc5ccccc5cc4-c4ccccc43)n2)cc1. The third kappa shape index (κ3) is 5.26. The number of nitrogens with zero attached hydrogens (tertiary/aromatic N) is 3.